The van der Waals surface area contributed by atoms with E-state index in [-0.39, 0.29) is 17.7 Å². The summed E-state index contributed by atoms with van der Waals surface area (Å²) in [6.45, 7) is 0.306. The van der Waals surface area contributed by atoms with Crippen molar-refractivity contribution >= 4 is 17.4 Å². The number of benzene rings is 3. The highest BCUT2D eigenvalue weighted by atomic mass is 19.4. The molecule has 1 fully saturated rings. The third-order valence-corrected chi connectivity index (χ3v) is 6.53. The Labute approximate surface area is 227 Å². The second kappa shape index (κ2) is 10.4. The van der Waals surface area contributed by atoms with Gasteiger partial charge in [-0.05, 0) is 42.7 Å². The predicted octanol–water partition coefficient (Wildman–Crippen LogP) is 6.47. The fraction of sp³-hybridized carbons (Fsp3) is 0.167. The Morgan fingerprint density at radius 1 is 0.950 bits per heavy atom. The molecular weight excluding hydrogens is 519 g/mol. The molecule has 1 amide bonds. The molecule has 0 unspecified atom stereocenters. The Bertz CT molecular complexity index is 1650. The van der Waals surface area contributed by atoms with Crippen LogP contribution in [0.3, 0.4) is 0 Å². The van der Waals surface area contributed by atoms with Crippen LogP contribution in [0.15, 0.2) is 91.3 Å². The SMILES string of the molecule is O=C(NC1CC1)c1ccc(-c2cnc3c(NCc4ccc(OC(F)(F)F)cc4)nc(-c4ccccc4)cn23)cc1. The van der Waals surface area contributed by atoms with Crippen molar-refractivity contribution in [3.05, 3.63) is 102 Å². The molecule has 0 atom stereocenters. The molecule has 1 aliphatic carbocycles. The van der Waals surface area contributed by atoms with Crippen molar-refractivity contribution in [2.45, 2.75) is 31.8 Å². The average Bonchev–Trinajstić information content (AvgIpc) is 3.67. The zero-order chi connectivity index (χ0) is 27.7. The van der Waals surface area contributed by atoms with Crippen molar-refractivity contribution in [3.8, 4) is 28.3 Å². The summed E-state index contributed by atoms with van der Waals surface area (Å²) in [6, 6.07) is 23.1. The van der Waals surface area contributed by atoms with E-state index in [1.54, 1.807) is 30.5 Å². The van der Waals surface area contributed by atoms with Crippen LogP contribution in [0.25, 0.3) is 28.2 Å². The van der Waals surface area contributed by atoms with Gasteiger partial charge in [0.15, 0.2) is 11.5 Å². The molecule has 0 spiro atoms. The van der Waals surface area contributed by atoms with Crippen LogP contribution in [-0.4, -0.2) is 32.7 Å². The van der Waals surface area contributed by atoms with Crippen LogP contribution >= 0.6 is 0 Å². The number of hydrogen-bond donors (Lipinski definition) is 2. The van der Waals surface area contributed by atoms with Crippen LogP contribution in [0.1, 0.15) is 28.8 Å². The summed E-state index contributed by atoms with van der Waals surface area (Å²) in [7, 11) is 0. The van der Waals surface area contributed by atoms with Crippen LogP contribution in [0.2, 0.25) is 0 Å². The van der Waals surface area contributed by atoms with Gasteiger partial charge in [0.1, 0.15) is 5.75 Å². The first-order valence-corrected chi connectivity index (χ1v) is 12.8. The number of nitrogens with zero attached hydrogens (tertiary/aromatic N) is 3. The van der Waals surface area contributed by atoms with Crippen LogP contribution in [0, 0.1) is 0 Å². The van der Waals surface area contributed by atoms with Gasteiger partial charge in [-0.15, -0.1) is 13.2 Å². The van der Waals surface area contributed by atoms with E-state index < -0.39 is 6.36 Å². The predicted molar refractivity (Wildman–Crippen MR) is 145 cm³/mol. The van der Waals surface area contributed by atoms with Crippen molar-refractivity contribution in [2.24, 2.45) is 0 Å². The molecule has 3 aromatic carbocycles. The van der Waals surface area contributed by atoms with E-state index in [4.69, 9.17) is 4.98 Å². The molecular formula is C30H24F3N5O2. The van der Waals surface area contributed by atoms with Gasteiger partial charge in [-0.25, -0.2) is 9.97 Å². The summed E-state index contributed by atoms with van der Waals surface area (Å²) in [5.41, 5.74) is 5.25. The number of alkyl halides is 3. The zero-order valence-electron chi connectivity index (χ0n) is 21.2. The van der Waals surface area contributed by atoms with E-state index in [0.29, 0.717) is 29.3 Å². The molecule has 2 N–H and O–H groups in total. The van der Waals surface area contributed by atoms with E-state index >= 15 is 0 Å². The summed E-state index contributed by atoms with van der Waals surface area (Å²) >= 11 is 0. The van der Waals surface area contributed by atoms with Crippen molar-refractivity contribution in [1.29, 1.82) is 0 Å². The van der Waals surface area contributed by atoms with Crippen molar-refractivity contribution in [2.75, 3.05) is 5.32 Å². The second-order valence-corrected chi connectivity index (χ2v) is 9.55. The highest BCUT2D eigenvalue weighted by molar-refractivity contribution is 5.95. The van der Waals surface area contributed by atoms with Gasteiger partial charge in [0.2, 0.25) is 0 Å². The Morgan fingerprint density at radius 3 is 2.35 bits per heavy atom. The first kappa shape index (κ1) is 25.4. The maximum absolute atomic E-state index is 12.5. The first-order valence-electron chi connectivity index (χ1n) is 12.8. The summed E-state index contributed by atoms with van der Waals surface area (Å²) in [6.07, 6.45) is 0.971. The molecule has 6 rings (SSSR count). The van der Waals surface area contributed by atoms with Gasteiger partial charge in [0.25, 0.3) is 5.91 Å². The van der Waals surface area contributed by atoms with Gasteiger partial charge >= 0.3 is 6.36 Å². The van der Waals surface area contributed by atoms with Crippen LogP contribution in [0.4, 0.5) is 19.0 Å². The minimum atomic E-state index is -4.74. The molecule has 40 heavy (non-hydrogen) atoms. The van der Waals surface area contributed by atoms with Crippen molar-refractivity contribution in [1.82, 2.24) is 19.7 Å². The molecule has 0 aliphatic heterocycles. The molecule has 5 aromatic rings. The largest absolute Gasteiger partial charge is 0.573 e. The molecule has 1 aliphatic rings. The number of aromatic nitrogens is 3. The number of rotatable bonds is 8. The summed E-state index contributed by atoms with van der Waals surface area (Å²) in [5.74, 6) is 0.160. The lowest BCUT2D eigenvalue weighted by atomic mass is 10.1. The quantitative estimate of drug-likeness (QED) is 0.235. The Balaban J connectivity index is 1.31. The standard InChI is InChI=1S/C30H24F3N5O2/c31-30(32,33)40-24-14-6-19(7-15-24)16-34-27-28-35-17-26(38(28)18-25(37-27)20-4-2-1-3-5-20)21-8-10-22(11-9-21)29(39)36-23-12-13-23/h1-11,14-15,17-18,23H,12-13,16H2,(H,34,37)(H,36,39). The molecule has 7 nitrogen and oxygen atoms in total. The molecule has 202 valence electrons. The number of imidazole rings is 1. The molecule has 0 saturated heterocycles. The van der Waals surface area contributed by atoms with E-state index in [2.05, 4.69) is 20.4 Å². The lowest BCUT2D eigenvalue weighted by molar-refractivity contribution is -0.274. The molecule has 2 aromatic heterocycles. The highest BCUT2D eigenvalue weighted by Gasteiger charge is 2.31. The number of nitrogens with one attached hydrogen (secondary N) is 2. The Kier molecular flexibility index (Phi) is 6.59. The van der Waals surface area contributed by atoms with Crippen molar-refractivity contribution < 1.29 is 22.7 Å². The van der Waals surface area contributed by atoms with E-state index in [1.807, 2.05) is 53.1 Å². The maximum atomic E-state index is 12.5. The van der Waals surface area contributed by atoms with E-state index in [1.165, 1.54) is 12.1 Å². The smallest absolute Gasteiger partial charge is 0.406 e. The number of anilines is 1. The van der Waals surface area contributed by atoms with Crippen LogP contribution in [-0.2, 0) is 6.54 Å². The van der Waals surface area contributed by atoms with Gasteiger partial charge in [0, 0.05) is 35.5 Å². The van der Waals surface area contributed by atoms with Gasteiger partial charge < -0.3 is 15.4 Å². The molecule has 10 heteroatoms. The van der Waals surface area contributed by atoms with Crippen LogP contribution < -0.4 is 15.4 Å². The number of amides is 1. The minimum absolute atomic E-state index is 0.0766. The summed E-state index contributed by atoms with van der Waals surface area (Å²) in [4.78, 5) is 21.8. The average molecular weight is 544 g/mol. The topological polar surface area (TPSA) is 80.5 Å². The van der Waals surface area contributed by atoms with Gasteiger partial charge in [-0.1, -0.05) is 54.6 Å². The highest BCUT2D eigenvalue weighted by Crippen LogP contribution is 2.29. The summed E-state index contributed by atoms with van der Waals surface area (Å²) < 4.78 is 43.4. The first-order chi connectivity index (χ1) is 19.3. The third-order valence-electron chi connectivity index (χ3n) is 6.53. The second-order valence-electron chi connectivity index (χ2n) is 9.55. The number of hydrogen-bond acceptors (Lipinski definition) is 5. The lowest BCUT2D eigenvalue weighted by Crippen LogP contribution is -2.25. The Hall–Kier alpha value is -4.86. The third kappa shape index (κ3) is 5.75. The monoisotopic (exact) mass is 543 g/mol. The minimum Gasteiger partial charge on any atom is -0.406 e. The summed E-state index contributed by atoms with van der Waals surface area (Å²) in [5, 5.41) is 6.28. The fourth-order valence-electron chi connectivity index (χ4n) is 4.35. The van der Waals surface area contributed by atoms with Gasteiger partial charge in [-0.2, -0.15) is 0 Å². The normalized spacial score (nSPS) is 13.3. The fourth-order valence-corrected chi connectivity index (χ4v) is 4.35. The Morgan fingerprint density at radius 2 is 1.68 bits per heavy atom. The lowest BCUT2D eigenvalue weighted by Gasteiger charge is -2.12. The molecule has 0 bridgehead atoms. The van der Waals surface area contributed by atoms with E-state index in [0.717, 1.165) is 35.2 Å². The number of carbonyl (C=O) groups excluding carboxylic acids is 1. The molecule has 1 saturated carbocycles. The van der Waals surface area contributed by atoms with E-state index in [9.17, 15) is 18.0 Å². The molecule has 2 heterocycles. The zero-order valence-corrected chi connectivity index (χ0v) is 21.2. The molecule has 0 radical (unpaired) electrons. The number of carbonyl (C=O) groups is 1. The number of fused-ring (bicyclic) bond motifs is 1. The van der Waals surface area contributed by atoms with Crippen molar-refractivity contribution in [3.63, 3.8) is 0 Å². The van der Waals surface area contributed by atoms with Gasteiger partial charge in [-0.3, -0.25) is 9.20 Å². The maximum Gasteiger partial charge on any atom is 0.573 e. The number of ether oxygens (including phenoxy) is 1. The van der Waals surface area contributed by atoms with Gasteiger partial charge in [0.05, 0.1) is 17.6 Å². The van der Waals surface area contributed by atoms with Crippen LogP contribution in [0.5, 0.6) is 5.75 Å². The number of halogens is 3.